The first-order valence-electron chi connectivity index (χ1n) is 3.44. The molecule has 0 amide bonds. The molecule has 0 atom stereocenters. The fraction of sp³-hybridized carbons (Fsp3) is 0.600. The highest BCUT2D eigenvalue weighted by molar-refractivity contribution is 6.30. The lowest BCUT2D eigenvalue weighted by Crippen LogP contribution is -2.44. The van der Waals surface area contributed by atoms with Crippen LogP contribution >= 0.6 is 23.4 Å². The summed E-state index contributed by atoms with van der Waals surface area (Å²) in [6, 6.07) is 0. The largest absolute Gasteiger partial charge is 0.375 e. The Morgan fingerprint density at radius 2 is 1.62 bits per heavy atom. The topological polar surface area (TPSA) is 30.7 Å². The number of hydrogen-bond acceptors (Lipinski definition) is 2. The summed E-state index contributed by atoms with van der Waals surface area (Å²) in [5.41, 5.74) is -1.81. The highest BCUT2D eigenvalue weighted by atomic mass is 35.5. The Morgan fingerprint density at radius 3 is 1.94 bits per heavy atom. The van der Waals surface area contributed by atoms with Gasteiger partial charge in [-0.05, 0) is 0 Å². The summed E-state index contributed by atoms with van der Waals surface area (Å²) in [5.74, 6) is -10.9. The molecule has 16 heavy (non-hydrogen) atoms. The van der Waals surface area contributed by atoms with Crippen LogP contribution in [0.3, 0.4) is 0 Å². The minimum atomic E-state index is -5.62. The van der Waals surface area contributed by atoms with Crippen LogP contribution in [-0.4, -0.2) is 26.9 Å². The van der Waals surface area contributed by atoms with E-state index in [1.807, 2.05) is 0 Å². The number of hydrogen-bond donors (Lipinski definition) is 0. The molecule has 1 aromatic heterocycles. The Labute approximate surface area is 94.0 Å². The average molecular weight is 288 g/mol. The van der Waals surface area contributed by atoms with E-state index in [1.165, 1.54) is 0 Å². The highest BCUT2D eigenvalue weighted by Gasteiger charge is 2.66. The fourth-order valence-electron chi connectivity index (χ4n) is 0.753. The van der Waals surface area contributed by atoms with Crippen LogP contribution in [0.15, 0.2) is 0 Å². The third kappa shape index (κ3) is 1.93. The molecule has 1 heterocycles. The number of aromatic nitrogens is 3. The molecule has 0 aliphatic rings. The van der Waals surface area contributed by atoms with Gasteiger partial charge in [0.05, 0.1) is 11.8 Å². The predicted molar refractivity (Wildman–Crippen MR) is 41.1 cm³/mol. The Morgan fingerprint density at radius 1 is 1.12 bits per heavy atom. The first-order valence-corrected chi connectivity index (χ1v) is 4.15. The zero-order valence-electron chi connectivity index (χ0n) is 6.94. The van der Waals surface area contributed by atoms with Crippen molar-refractivity contribution in [2.24, 2.45) is 0 Å². The van der Waals surface area contributed by atoms with Crippen molar-refractivity contribution in [3.05, 3.63) is 10.8 Å². The zero-order valence-corrected chi connectivity index (χ0v) is 8.45. The molecule has 0 saturated heterocycles. The van der Waals surface area contributed by atoms with E-state index in [0.29, 0.717) is 0 Å². The number of halogens is 8. The van der Waals surface area contributed by atoms with Crippen molar-refractivity contribution in [3.63, 3.8) is 0 Å². The van der Waals surface area contributed by atoms with Gasteiger partial charge < -0.3 is 0 Å². The van der Waals surface area contributed by atoms with E-state index < -0.39 is 29.1 Å². The van der Waals surface area contributed by atoms with Crippen molar-refractivity contribution in [1.29, 1.82) is 0 Å². The van der Waals surface area contributed by atoms with E-state index in [-0.39, 0.29) is 4.32 Å². The number of rotatable bonds is 3. The molecule has 0 spiro atoms. The van der Waals surface area contributed by atoms with Crippen molar-refractivity contribution in [3.8, 4) is 0 Å². The molecule has 1 aromatic rings. The summed E-state index contributed by atoms with van der Waals surface area (Å²) in [6.45, 7) is 0. The van der Waals surface area contributed by atoms with Crippen LogP contribution in [0.25, 0.3) is 0 Å². The van der Waals surface area contributed by atoms with Gasteiger partial charge in [0, 0.05) is 0 Å². The molecule has 3 nitrogen and oxygen atoms in total. The third-order valence-corrected chi connectivity index (χ3v) is 1.94. The Bertz CT molecular complexity index is 392. The molecule has 0 aliphatic carbocycles. The van der Waals surface area contributed by atoms with E-state index in [0.717, 1.165) is 0 Å². The molecule has 0 aromatic carbocycles. The van der Waals surface area contributed by atoms with Crippen LogP contribution in [0.2, 0.25) is 5.15 Å². The van der Waals surface area contributed by atoms with Gasteiger partial charge in [0.15, 0.2) is 10.8 Å². The molecule has 0 bridgehead atoms. The average Bonchev–Trinajstić information content (AvgIpc) is 2.45. The quantitative estimate of drug-likeness (QED) is 0.801. The smallest absolute Gasteiger partial charge is 0.203 e. The second-order valence-electron chi connectivity index (χ2n) is 2.58. The molecule has 0 radical (unpaired) electrons. The van der Waals surface area contributed by atoms with Crippen molar-refractivity contribution >= 4 is 23.4 Å². The molecular weight excluding hydrogens is 287 g/mol. The summed E-state index contributed by atoms with van der Waals surface area (Å²) < 4.78 is 74.5. The second-order valence-corrected chi connectivity index (χ2v) is 3.24. The SMILES string of the molecule is FC(F)C(F)(F)C(F)(F)c1nn(Cl)nc1Cl. The van der Waals surface area contributed by atoms with Crippen LogP contribution < -0.4 is 0 Å². The molecule has 0 N–H and O–H groups in total. The van der Waals surface area contributed by atoms with Crippen molar-refractivity contribution in [2.75, 3.05) is 0 Å². The normalized spacial score (nSPS) is 13.6. The molecule has 0 aliphatic heterocycles. The van der Waals surface area contributed by atoms with E-state index >= 15 is 0 Å². The van der Waals surface area contributed by atoms with Gasteiger partial charge in [0.1, 0.15) is 0 Å². The van der Waals surface area contributed by atoms with Crippen LogP contribution in [0.1, 0.15) is 5.69 Å². The summed E-state index contributed by atoms with van der Waals surface area (Å²) in [7, 11) is 0. The van der Waals surface area contributed by atoms with E-state index in [1.54, 1.807) is 0 Å². The lowest BCUT2D eigenvalue weighted by Gasteiger charge is -2.23. The van der Waals surface area contributed by atoms with E-state index in [9.17, 15) is 26.3 Å². The molecule has 0 saturated carbocycles. The first kappa shape index (κ1) is 13.4. The number of nitrogens with zero attached hydrogens (tertiary/aromatic N) is 3. The van der Waals surface area contributed by atoms with Gasteiger partial charge in [0.2, 0.25) is 0 Å². The summed E-state index contributed by atoms with van der Waals surface area (Å²) >= 11 is 9.95. The molecule has 1 rings (SSSR count). The van der Waals surface area contributed by atoms with Crippen LogP contribution in [0.4, 0.5) is 26.3 Å². The van der Waals surface area contributed by atoms with Crippen molar-refractivity contribution in [2.45, 2.75) is 18.3 Å². The maximum Gasteiger partial charge on any atom is 0.375 e. The maximum absolute atomic E-state index is 13.0. The molecule has 11 heteroatoms. The van der Waals surface area contributed by atoms with Crippen LogP contribution in [0, 0.1) is 0 Å². The fourth-order valence-corrected chi connectivity index (χ4v) is 1.17. The van der Waals surface area contributed by atoms with Crippen molar-refractivity contribution < 1.29 is 26.3 Å². The maximum atomic E-state index is 13.0. The minimum Gasteiger partial charge on any atom is -0.203 e. The molecule has 0 fully saturated rings. The second kappa shape index (κ2) is 3.95. The first-order chi connectivity index (χ1) is 7.10. The van der Waals surface area contributed by atoms with Crippen LogP contribution in [0.5, 0.6) is 0 Å². The van der Waals surface area contributed by atoms with Crippen LogP contribution in [-0.2, 0) is 5.92 Å². The Hall–Kier alpha value is -0.700. The van der Waals surface area contributed by atoms with Gasteiger partial charge in [0.25, 0.3) is 0 Å². The predicted octanol–water partition coefficient (Wildman–Crippen LogP) is 2.93. The lowest BCUT2D eigenvalue weighted by atomic mass is 10.1. The lowest BCUT2D eigenvalue weighted by molar-refractivity contribution is -0.271. The molecule has 0 unspecified atom stereocenters. The van der Waals surface area contributed by atoms with E-state index in [2.05, 4.69) is 10.2 Å². The van der Waals surface area contributed by atoms with E-state index in [4.69, 9.17) is 23.4 Å². The van der Waals surface area contributed by atoms with Gasteiger partial charge in [-0.3, -0.25) is 0 Å². The van der Waals surface area contributed by atoms with Gasteiger partial charge in [-0.15, -0.1) is 10.2 Å². The van der Waals surface area contributed by atoms with Gasteiger partial charge >= 0.3 is 18.3 Å². The summed E-state index contributed by atoms with van der Waals surface area (Å²) in [4.78, 5) is 0. The Balaban J connectivity index is 3.25. The number of alkyl halides is 6. The highest BCUT2D eigenvalue weighted by Crippen LogP contribution is 2.47. The zero-order chi connectivity index (χ0) is 12.7. The Kier molecular flexibility index (Phi) is 3.30. The molecular formula is C5HCl2F6N3. The van der Waals surface area contributed by atoms with Gasteiger partial charge in [-0.25, -0.2) is 8.78 Å². The van der Waals surface area contributed by atoms with Crippen molar-refractivity contribution in [1.82, 2.24) is 14.5 Å². The molecule has 92 valence electrons. The van der Waals surface area contributed by atoms with Gasteiger partial charge in [-0.1, -0.05) is 15.9 Å². The minimum absolute atomic E-state index is 0.0485. The standard InChI is InChI=1S/C5HCl2F6N3/c6-2-1(14-16(7)15-2)4(10,11)5(12,13)3(8)9/h3H. The van der Waals surface area contributed by atoms with Gasteiger partial charge in [-0.2, -0.15) is 17.6 Å². The third-order valence-electron chi connectivity index (χ3n) is 1.54. The monoisotopic (exact) mass is 287 g/mol. The summed E-state index contributed by atoms with van der Waals surface area (Å²) in [6.07, 6.45) is -4.58. The summed E-state index contributed by atoms with van der Waals surface area (Å²) in [5, 5.41) is 4.25.